The highest BCUT2D eigenvalue weighted by Gasteiger charge is 2.48. The number of rotatable bonds is 3. The van der Waals surface area contributed by atoms with Crippen molar-refractivity contribution in [1.29, 1.82) is 0 Å². The predicted octanol–water partition coefficient (Wildman–Crippen LogP) is 2.20. The van der Waals surface area contributed by atoms with E-state index >= 15 is 0 Å². The lowest BCUT2D eigenvalue weighted by Gasteiger charge is -2.44. The fraction of sp³-hybridized carbons (Fsp3) is 0.769. The second kappa shape index (κ2) is 4.34. The van der Waals surface area contributed by atoms with Gasteiger partial charge in [0.1, 0.15) is 5.01 Å². The first-order valence-corrected chi connectivity index (χ1v) is 7.50. The summed E-state index contributed by atoms with van der Waals surface area (Å²) in [6, 6.07) is 1.49. The molecule has 0 saturated carbocycles. The highest BCUT2D eigenvalue weighted by atomic mass is 32.1. The van der Waals surface area contributed by atoms with Gasteiger partial charge in [-0.05, 0) is 39.3 Å². The van der Waals surface area contributed by atoms with Crippen LogP contribution in [0.2, 0.25) is 0 Å². The van der Waals surface area contributed by atoms with E-state index in [0.717, 1.165) is 18.6 Å². The van der Waals surface area contributed by atoms with Crippen LogP contribution >= 0.6 is 11.3 Å². The molecular weight excluding hydrogens is 230 g/mol. The summed E-state index contributed by atoms with van der Waals surface area (Å²) in [5.41, 5.74) is 0.154. The molecule has 0 spiro atoms. The van der Waals surface area contributed by atoms with Crippen molar-refractivity contribution in [3.8, 4) is 0 Å². The van der Waals surface area contributed by atoms with Crippen molar-refractivity contribution < 1.29 is 0 Å². The molecule has 0 aliphatic carbocycles. The summed E-state index contributed by atoms with van der Waals surface area (Å²) in [5.74, 6) is 0. The number of aromatic nitrogens is 1. The van der Waals surface area contributed by atoms with Crippen molar-refractivity contribution in [1.82, 2.24) is 15.2 Å². The molecule has 2 bridgehead atoms. The van der Waals surface area contributed by atoms with E-state index in [2.05, 4.69) is 34.6 Å². The van der Waals surface area contributed by atoms with Gasteiger partial charge < -0.3 is 10.2 Å². The zero-order chi connectivity index (χ0) is 11.9. The van der Waals surface area contributed by atoms with Gasteiger partial charge in [-0.25, -0.2) is 4.98 Å². The van der Waals surface area contributed by atoms with Crippen LogP contribution in [0.15, 0.2) is 11.6 Å². The Morgan fingerprint density at radius 2 is 2.18 bits per heavy atom. The van der Waals surface area contributed by atoms with Crippen LogP contribution in [0.3, 0.4) is 0 Å². The van der Waals surface area contributed by atoms with Crippen molar-refractivity contribution in [2.75, 3.05) is 13.6 Å². The van der Waals surface area contributed by atoms with Gasteiger partial charge in [-0.3, -0.25) is 0 Å². The molecule has 4 heteroatoms. The molecule has 2 aliphatic heterocycles. The summed E-state index contributed by atoms with van der Waals surface area (Å²) in [6.45, 7) is 3.23. The Balaban J connectivity index is 1.92. The van der Waals surface area contributed by atoms with Gasteiger partial charge in [0.15, 0.2) is 0 Å². The maximum absolute atomic E-state index is 4.59. The molecule has 2 atom stereocenters. The van der Waals surface area contributed by atoms with Crippen LogP contribution in [0.25, 0.3) is 0 Å². The number of hydrogen-bond acceptors (Lipinski definition) is 4. The van der Waals surface area contributed by atoms with Crippen molar-refractivity contribution in [2.45, 2.75) is 50.2 Å². The Hall–Kier alpha value is -0.450. The van der Waals surface area contributed by atoms with Crippen LogP contribution in [-0.4, -0.2) is 35.6 Å². The minimum Gasteiger partial charge on any atom is -0.306 e. The molecule has 17 heavy (non-hydrogen) atoms. The van der Waals surface area contributed by atoms with Gasteiger partial charge in [0.2, 0.25) is 0 Å². The Labute approximate surface area is 107 Å². The molecule has 1 N–H and O–H groups in total. The van der Waals surface area contributed by atoms with Crippen LogP contribution in [0, 0.1) is 0 Å². The van der Waals surface area contributed by atoms with Crippen LogP contribution < -0.4 is 5.32 Å². The molecule has 3 rings (SSSR count). The zero-order valence-electron chi connectivity index (χ0n) is 10.6. The molecule has 3 heterocycles. The molecule has 1 aromatic rings. The highest BCUT2D eigenvalue weighted by Crippen LogP contribution is 2.45. The lowest BCUT2D eigenvalue weighted by molar-refractivity contribution is 0.0899. The standard InChI is InChI=1S/C13H21N3S/c1-3-15-13(12-14-6-7-17-12)8-10-4-5-11(9-13)16(10)2/h6-7,10-11,15H,3-5,8-9H2,1-2H3. The Morgan fingerprint density at radius 3 is 2.71 bits per heavy atom. The molecule has 2 aliphatic rings. The second-order valence-electron chi connectivity index (χ2n) is 5.41. The first-order chi connectivity index (χ1) is 8.25. The van der Waals surface area contributed by atoms with Crippen molar-refractivity contribution in [3.05, 3.63) is 16.6 Å². The number of thiazole rings is 1. The lowest BCUT2D eigenvalue weighted by atomic mass is 9.83. The second-order valence-corrected chi connectivity index (χ2v) is 6.30. The first-order valence-electron chi connectivity index (χ1n) is 6.62. The van der Waals surface area contributed by atoms with E-state index in [1.165, 1.54) is 30.7 Å². The summed E-state index contributed by atoms with van der Waals surface area (Å²) >= 11 is 1.81. The first kappa shape index (κ1) is 11.6. The van der Waals surface area contributed by atoms with Gasteiger partial charge in [-0.2, -0.15) is 0 Å². The molecule has 2 fully saturated rings. The summed E-state index contributed by atoms with van der Waals surface area (Å²) in [6.07, 6.45) is 7.11. The van der Waals surface area contributed by atoms with Crippen molar-refractivity contribution in [2.24, 2.45) is 0 Å². The molecule has 0 radical (unpaired) electrons. The molecule has 2 saturated heterocycles. The van der Waals surface area contributed by atoms with Crippen LogP contribution in [-0.2, 0) is 5.54 Å². The van der Waals surface area contributed by atoms with E-state index in [-0.39, 0.29) is 5.54 Å². The minimum absolute atomic E-state index is 0.154. The van der Waals surface area contributed by atoms with E-state index in [1.807, 2.05) is 17.5 Å². The van der Waals surface area contributed by atoms with E-state index in [1.54, 1.807) is 0 Å². The molecule has 94 valence electrons. The number of fused-ring (bicyclic) bond motifs is 2. The number of nitrogens with zero attached hydrogens (tertiary/aromatic N) is 2. The molecule has 3 nitrogen and oxygen atoms in total. The molecular formula is C13H21N3S. The monoisotopic (exact) mass is 251 g/mol. The van der Waals surface area contributed by atoms with Gasteiger partial charge >= 0.3 is 0 Å². The largest absolute Gasteiger partial charge is 0.306 e. The van der Waals surface area contributed by atoms with Crippen molar-refractivity contribution in [3.63, 3.8) is 0 Å². The summed E-state index contributed by atoms with van der Waals surface area (Å²) < 4.78 is 0. The molecule has 0 amide bonds. The van der Waals surface area contributed by atoms with Gasteiger partial charge in [-0.1, -0.05) is 6.92 Å². The minimum atomic E-state index is 0.154. The number of piperidine rings is 1. The Morgan fingerprint density at radius 1 is 1.47 bits per heavy atom. The molecule has 0 aromatic carbocycles. The van der Waals surface area contributed by atoms with E-state index in [9.17, 15) is 0 Å². The van der Waals surface area contributed by atoms with Gasteiger partial charge in [0, 0.05) is 23.7 Å². The fourth-order valence-electron chi connectivity index (χ4n) is 3.66. The summed E-state index contributed by atoms with van der Waals surface area (Å²) in [5, 5.41) is 7.14. The van der Waals surface area contributed by atoms with E-state index in [0.29, 0.717) is 0 Å². The number of nitrogens with one attached hydrogen (secondary N) is 1. The van der Waals surface area contributed by atoms with E-state index in [4.69, 9.17) is 0 Å². The lowest BCUT2D eigenvalue weighted by Crippen LogP contribution is -2.54. The SMILES string of the molecule is CCNC1(c2nccs2)CC2CCC(C1)N2C. The van der Waals surface area contributed by atoms with Gasteiger partial charge in [0.25, 0.3) is 0 Å². The van der Waals surface area contributed by atoms with Gasteiger partial charge in [0.05, 0.1) is 5.54 Å². The van der Waals surface area contributed by atoms with Crippen LogP contribution in [0.1, 0.15) is 37.6 Å². The molecule has 2 unspecified atom stereocenters. The zero-order valence-corrected chi connectivity index (χ0v) is 11.5. The maximum atomic E-state index is 4.59. The topological polar surface area (TPSA) is 28.2 Å². The highest BCUT2D eigenvalue weighted by molar-refractivity contribution is 7.09. The third kappa shape index (κ3) is 1.83. The van der Waals surface area contributed by atoms with Crippen molar-refractivity contribution >= 4 is 11.3 Å². The third-order valence-electron chi connectivity index (χ3n) is 4.51. The normalized spacial score (nSPS) is 37.5. The summed E-state index contributed by atoms with van der Waals surface area (Å²) in [4.78, 5) is 7.18. The number of hydrogen-bond donors (Lipinski definition) is 1. The van der Waals surface area contributed by atoms with Gasteiger partial charge in [-0.15, -0.1) is 11.3 Å². The van der Waals surface area contributed by atoms with Crippen LogP contribution in [0.4, 0.5) is 0 Å². The Bertz CT molecular complexity index is 362. The average Bonchev–Trinajstić information content (AvgIpc) is 2.90. The predicted molar refractivity (Wildman–Crippen MR) is 71.3 cm³/mol. The third-order valence-corrected chi connectivity index (χ3v) is 5.49. The quantitative estimate of drug-likeness (QED) is 0.892. The smallest absolute Gasteiger partial charge is 0.113 e. The fourth-order valence-corrected chi connectivity index (χ4v) is 4.50. The van der Waals surface area contributed by atoms with E-state index < -0.39 is 0 Å². The molecule has 1 aromatic heterocycles. The Kier molecular flexibility index (Phi) is 2.97. The summed E-state index contributed by atoms with van der Waals surface area (Å²) in [7, 11) is 2.29. The average molecular weight is 251 g/mol. The maximum Gasteiger partial charge on any atom is 0.113 e. The van der Waals surface area contributed by atoms with Crippen LogP contribution in [0.5, 0.6) is 0 Å².